The van der Waals surface area contributed by atoms with Gasteiger partial charge in [-0.1, -0.05) is 49.0 Å². The Balaban J connectivity index is 1.93. The third-order valence-electron chi connectivity index (χ3n) is 4.64. The fraction of sp³-hybridized carbons (Fsp3) is 0.238. The number of hydrogen-bond acceptors (Lipinski definition) is 8. The summed E-state index contributed by atoms with van der Waals surface area (Å²) < 4.78 is 11.0. The molecule has 2 aromatic carbocycles. The average molecular weight is 440 g/mol. The van der Waals surface area contributed by atoms with Gasteiger partial charge in [-0.25, -0.2) is 9.80 Å². The first-order valence-corrected chi connectivity index (χ1v) is 10.5. The van der Waals surface area contributed by atoms with Crippen LogP contribution in [0.25, 0.3) is 5.70 Å². The summed E-state index contributed by atoms with van der Waals surface area (Å²) in [7, 11) is 1.47. The highest BCUT2D eigenvalue weighted by molar-refractivity contribution is 8.13. The third kappa shape index (κ3) is 3.93. The highest BCUT2D eigenvalue weighted by atomic mass is 32.2. The quantitative estimate of drug-likeness (QED) is 0.691. The molecule has 1 amide bonds. The first-order valence-electron chi connectivity index (χ1n) is 9.54. The Bertz CT molecular complexity index is 1200. The van der Waals surface area contributed by atoms with Crippen LogP contribution in [-0.4, -0.2) is 46.6 Å². The van der Waals surface area contributed by atoms with Gasteiger partial charge in [0.15, 0.2) is 29.4 Å². The van der Waals surface area contributed by atoms with Crippen LogP contribution < -0.4 is 25.4 Å². The molecule has 2 heterocycles. The van der Waals surface area contributed by atoms with E-state index in [1.54, 1.807) is 23.2 Å². The van der Waals surface area contributed by atoms with Crippen LogP contribution in [0.15, 0.2) is 52.6 Å². The monoisotopic (exact) mass is 440 g/mol. The van der Waals surface area contributed by atoms with E-state index in [1.807, 2.05) is 31.2 Å². The molecule has 0 saturated carbocycles. The number of carbonyl (C=O) groups is 2. The molecule has 31 heavy (non-hydrogen) atoms. The van der Waals surface area contributed by atoms with Gasteiger partial charge in [-0.3, -0.25) is 15.1 Å². The van der Waals surface area contributed by atoms with Crippen LogP contribution in [0.1, 0.15) is 18.7 Å². The molecule has 0 spiro atoms. The topological polar surface area (TPSA) is 113 Å². The summed E-state index contributed by atoms with van der Waals surface area (Å²) in [6.45, 7) is 1.42. The van der Waals surface area contributed by atoms with Crippen molar-refractivity contribution >= 4 is 34.5 Å². The Kier molecular flexibility index (Phi) is 5.81. The molecule has 0 aromatic heterocycles. The van der Waals surface area contributed by atoms with Crippen molar-refractivity contribution in [1.29, 1.82) is 0 Å². The number of carboxylic acids is 1. The molecule has 2 N–H and O–H groups in total. The lowest BCUT2D eigenvalue weighted by Crippen LogP contribution is -2.50. The lowest BCUT2D eigenvalue weighted by Gasteiger charge is -2.34. The number of nitrogens with one attached hydrogen (secondary N) is 1. The van der Waals surface area contributed by atoms with E-state index in [9.17, 15) is 9.59 Å². The first-order chi connectivity index (χ1) is 15.0. The van der Waals surface area contributed by atoms with E-state index >= 15 is 0 Å². The van der Waals surface area contributed by atoms with Gasteiger partial charge in [0.05, 0.1) is 12.5 Å². The van der Waals surface area contributed by atoms with E-state index in [-0.39, 0.29) is 11.7 Å². The molecule has 0 bridgehead atoms. The molecule has 0 aliphatic carbocycles. The van der Waals surface area contributed by atoms with Crippen molar-refractivity contribution in [1.82, 2.24) is 10.3 Å². The van der Waals surface area contributed by atoms with Crippen molar-refractivity contribution in [3.8, 4) is 11.5 Å². The smallest absolute Gasteiger partial charge is 0.341 e. The number of ether oxygens (including phenoxy) is 2. The zero-order chi connectivity index (χ0) is 22.0. The van der Waals surface area contributed by atoms with Crippen LogP contribution in [0.4, 0.5) is 0 Å². The molecule has 4 rings (SSSR count). The van der Waals surface area contributed by atoms with Crippen LogP contribution in [-0.2, 0) is 9.59 Å². The summed E-state index contributed by atoms with van der Waals surface area (Å²) in [5.41, 5.74) is 0.898. The standard InChI is InChI=1S/C21H20N4O5S/c1-3-31-21-23-20(28)17-12-7-4-5-9-14(12)22-19(25(17)24-21)13-8-6-10-15(29-2)18(13)30-11-16(26)27/h4-10,19H,3,11H2,1-2H3,(H,26,27)(H,23,24,28). The maximum atomic E-state index is 13.0. The Morgan fingerprint density at radius 3 is 2.81 bits per heavy atom. The number of fused-ring (bicyclic) bond motifs is 2. The number of carboxylic acid groups (broad SMARTS) is 1. The van der Waals surface area contributed by atoms with E-state index < -0.39 is 18.7 Å². The minimum absolute atomic E-state index is 0.241. The van der Waals surface area contributed by atoms with Gasteiger partial charge in [0.1, 0.15) is 5.70 Å². The Morgan fingerprint density at radius 1 is 1.26 bits per heavy atom. The fourth-order valence-electron chi connectivity index (χ4n) is 3.42. The number of benzene rings is 2. The minimum atomic E-state index is -1.12. The van der Waals surface area contributed by atoms with Crippen molar-refractivity contribution < 1.29 is 24.2 Å². The summed E-state index contributed by atoms with van der Waals surface area (Å²) in [4.78, 5) is 29.0. The molecular formula is C21H20N4O5S. The molecule has 1 atom stereocenters. The lowest BCUT2D eigenvalue weighted by atomic mass is 10.1. The average Bonchev–Trinajstić information content (AvgIpc) is 2.76. The number of thioether (sulfide) groups is 1. The molecule has 2 aromatic rings. The van der Waals surface area contributed by atoms with Gasteiger partial charge in [0.25, 0.3) is 5.91 Å². The van der Waals surface area contributed by atoms with Crippen LogP contribution in [0.3, 0.4) is 0 Å². The van der Waals surface area contributed by atoms with E-state index in [0.29, 0.717) is 32.8 Å². The summed E-state index contributed by atoms with van der Waals surface area (Å²) in [6, 6.07) is 12.5. The van der Waals surface area contributed by atoms with E-state index in [1.165, 1.54) is 18.9 Å². The summed E-state index contributed by atoms with van der Waals surface area (Å²) in [5, 5.41) is 19.9. The maximum absolute atomic E-state index is 13.0. The number of amides is 1. The van der Waals surface area contributed by atoms with Gasteiger partial charge in [-0.2, -0.15) is 0 Å². The van der Waals surface area contributed by atoms with Crippen molar-refractivity contribution in [2.24, 2.45) is 10.1 Å². The van der Waals surface area contributed by atoms with Crippen LogP contribution in [0.2, 0.25) is 0 Å². The number of methoxy groups -OCH3 is 1. The van der Waals surface area contributed by atoms with Crippen LogP contribution in [0, 0.1) is 0 Å². The van der Waals surface area contributed by atoms with Crippen molar-refractivity contribution in [3.05, 3.63) is 58.6 Å². The number of para-hydroxylation sites is 2. The van der Waals surface area contributed by atoms with Gasteiger partial charge < -0.3 is 14.6 Å². The second kappa shape index (κ2) is 8.68. The van der Waals surface area contributed by atoms with E-state index in [4.69, 9.17) is 19.6 Å². The molecule has 160 valence electrons. The fourth-order valence-corrected chi connectivity index (χ4v) is 4.00. The minimum Gasteiger partial charge on any atom is -0.493 e. The zero-order valence-electron chi connectivity index (χ0n) is 16.9. The number of amidine groups is 1. The number of hydrogen-bond donors (Lipinski definition) is 2. The first kappa shape index (κ1) is 20.7. The maximum Gasteiger partial charge on any atom is 0.341 e. The van der Waals surface area contributed by atoms with Gasteiger partial charge in [0, 0.05) is 10.8 Å². The van der Waals surface area contributed by atoms with Gasteiger partial charge in [-0.05, 0) is 17.9 Å². The summed E-state index contributed by atoms with van der Waals surface area (Å²) in [5.74, 6) is -0.0674. The summed E-state index contributed by atoms with van der Waals surface area (Å²) >= 11 is 1.40. The Labute approximate surface area is 182 Å². The summed E-state index contributed by atoms with van der Waals surface area (Å²) in [6.07, 6.45) is -0.748. The van der Waals surface area contributed by atoms with Crippen molar-refractivity contribution in [2.75, 3.05) is 19.5 Å². The number of aliphatic carboxylic acids is 1. The molecule has 9 nitrogen and oxygen atoms in total. The van der Waals surface area contributed by atoms with Gasteiger partial charge in [-0.15, -0.1) is 5.10 Å². The van der Waals surface area contributed by atoms with Crippen LogP contribution in [0.5, 0.6) is 11.5 Å². The Morgan fingerprint density at radius 2 is 2.06 bits per heavy atom. The van der Waals surface area contributed by atoms with E-state index in [2.05, 4.69) is 10.4 Å². The zero-order valence-corrected chi connectivity index (χ0v) is 17.7. The SMILES string of the molecule is CCSC1=NN2C(=c3ccccc3=NC2c2cccc(OC)c2OCC(=O)O)C(=O)N1. The normalized spacial score (nSPS) is 17.0. The van der Waals surface area contributed by atoms with Gasteiger partial charge >= 0.3 is 5.97 Å². The molecule has 0 radical (unpaired) electrons. The predicted molar refractivity (Wildman–Crippen MR) is 115 cm³/mol. The van der Waals surface area contributed by atoms with Gasteiger partial charge in [0.2, 0.25) is 0 Å². The second-order valence-electron chi connectivity index (χ2n) is 6.57. The highest BCUT2D eigenvalue weighted by Gasteiger charge is 2.36. The third-order valence-corrected chi connectivity index (χ3v) is 5.39. The lowest BCUT2D eigenvalue weighted by molar-refractivity contribution is -0.139. The number of rotatable bonds is 6. The molecule has 2 aliphatic heterocycles. The molecule has 0 fully saturated rings. The second-order valence-corrected chi connectivity index (χ2v) is 7.82. The van der Waals surface area contributed by atoms with Crippen molar-refractivity contribution in [2.45, 2.75) is 13.1 Å². The molecule has 1 unspecified atom stereocenters. The van der Waals surface area contributed by atoms with Crippen LogP contribution >= 0.6 is 11.8 Å². The molecular weight excluding hydrogens is 420 g/mol. The highest BCUT2D eigenvalue weighted by Crippen LogP contribution is 2.40. The Hall–Kier alpha value is -3.53. The number of carbonyl (C=O) groups excluding carboxylic acids is 1. The molecule has 10 heteroatoms. The molecule has 0 saturated heterocycles. The number of nitrogens with zero attached hydrogens (tertiary/aromatic N) is 3. The molecule has 2 aliphatic rings. The number of hydrazone groups is 1. The van der Waals surface area contributed by atoms with E-state index in [0.717, 1.165) is 5.75 Å². The van der Waals surface area contributed by atoms with Crippen molar-refractivity contribution in [3.63, 3.8) is 0 Å². The predicted octanol–water partition coefficient (Wildman–Crippen LogP) is 1.05. The largest absolute Gasteiger partial charge is 0.493 e.